The average molecular weight is 955 g/mol. The van der Waals surface area contributed by atoms with Crippen molar-refractivity contribution in [3.63, 3.8) is 0 Å². The fourth-order valence-electron chi connectivity index (χ4n) is 8.07. The quantitative estimate of drug-likeness (QED) is 0.0211. The normalized spacial score (nSPS) is 13.5. The van der Waals surface area contributed by atoms with E-state index < -0.39 is 26.5 Å². The standard InChI is InChI=1S/C56H108NO8P/c1-6-8-10-12-14-16-18-20-22-24-26-28-30-32-34-36-38-40-42-44-46-48-55(58)62-52-54(53-64-66(60,61)63-51-50-57(3,4)5)65-56(59)49-47-45-43-41-39-37-35-33-31-29-27-25-23-21-19-17-15-13-11-9-7-2/h20-23,54H,6-19,24-53H2,1-5H3/p+1/b22-20-,23-21-. The van der Waals surface area contributed by atoms with Gasteiger partial charge in [0, 0.05) is 12.8 Å². The molecule has 2 atom stereocenters. The topological polar surface area (TPSA) is 108 Å². The summed E-state index contributed by atoms with van der Waals surface area (Å²) < 4.78 is 34.6. The molecule has 66 heavy (non-hydrogen) atoms. The number of phosphoric acid groups is 1. The zero-order chi connectivity index (χ0) is 48.5. The molecule has 0 spiro atoms. The van der Waals surface area contributed by atoms with Crippen LogP contribution in [0.4, 0.5) is 0 Å². The van der Waals surface area contributed by atoms with Crippen molar-refractivity contribution in [3.8, 4) is 0 Å². The van der Waals surface area contributed by atoms with Crippen molar-refractivity contribution >= 4 is 19.8 Å². The fraction of sp³-hybridized carbons (Fsp3) is 0.893. The van der Waals surface area contributed by atoms with E-state index in [1.54, 1.807) is 0 Å². The van der Waals surface area contributed by atoms with Crippen molar-refractivity contribution in [3.05, 3.63) is 24.3 Å². The molecule has 0 aromatic rings. The molecule has 0 amide bonds. The van der Waals surface area contributed by atoms with E-state index in [0.717, 1.165) is 32.1 Å². The van der Waals surface area contributed by atoms with E-state index in [9.17, 15) is 19.0 Å². The highest BCUT2D eigenvalue weighted by Gasteiger charge is 2.27. The lowest BCUT2D eigenvalue weighted by atomic mass is 10.0. The summed E-state index contributed by atoms with van der Waals surface area (Å²) in [4.78, 5) is 35.6. The Kier molecular flexibility index (Phi) is 47.4. The third-order valence-corrected chi connectivity index (χ3v) is 13.4. The predicted molar refractivity (Wildman–Crippen MR) is 280 cm³/mol. The van der Waals surface area contributed by atoms with Crippen LogP contribution in [-0.2, 0) is 32.7 Å². The maximum absolute atomic E-state index is 12.8. The first-order chi connectivity index (χ1) is 32.0. The molecule has 0 fully saturated rings. The van der Waals surface area contributed by atoms with Crippen molar-refractivity contribution in [1.29, 1.82) is 0 Å². The Balaban J connectivity index is 4.17. The van der Waals surface area contributed by atoms with Gasteiger partial charge in [-0.3, -0.25) is 18.6 Å². The monoisotopic (exact) mass is 955 g/mol. The highest BCUT2D eigenvalue weighted by atomic mass is 31.2. The van der Waals surface area contributed by atoms with Crippen LogP contribution in [0.5, 0.6) is 0 Å². The van der Waals surface area contributed by atoms with Gasteiger partial charge in [0.15, 0.2) is 6.10 Å². The van der Waals surface area contributed by atoms with Crippen LogP contribution in [0.15, 0.2) is 24.3 Å². The number of likely N-dealkylation sites (N-methyl/N-ethyl adjacent to an activating group) is 1. The van der Waals surface area contributed by atoms with Gasteiger partial charge in [-0.15, -0.1) is 0 Å². The lowest BCUT2D eigenvalue weighted by Crippen LogP contribution is -2.37. The molecule has 0 aromatic carbocycles. The smallest absolute Gasteiger partial charge is 0.462 e. The van der Waals surface area contributed by atoms with Gasteiger partial charge in [0.1, 0.15) is 19.8 Å². The Morgan fingerprint density at radius 2 is 0.773 bits per heavy atom. The number of carbonyl (C=O) groups is 2. The first-order valence-electron chi connectivity index (χ1n) is 28.1. The minimum absolute atomic E-state index is 0.0336. The molecule has 0 rings (SSSR count). The number of hydrogen-bond acceptors (Lipinski definition) is 7. The van der Waals surface area contributed by atoms with Gasteiger partial charge < -0.3 is 18.9 Å². The molecular formula is C56H109NO8P+. The SMILES string of the molecule is CCCCCCCC/C=C\CCCCCCCCCCCCCC(=O)OCC(COP(=O)(O)OCC[N+](C)(C)C)OC(=O)CCCCCCCCCCCCC/C=C\CCCCCCCC. The Morgan fingerprint density at radius 1 is 0.455 bits per heavy atom. The van der Waals surface area contributed by atoms with E-state index in [4.69, 9.17) is 18.5 Å². The van der Waals surface area contributed by atoms with Crippen LogP contribution < -0.4 is 0 Å². The van der Waals surface area contributed by atoms with Crippen molar-refractivity contribution < 1.29 is 42.1 Å². The van der Waals surface area contributed by atoms with E-state index in [-0.39, 0.29) is 25.6 Å². The van der Waals surface area contributed by atoms with E-state index in [0.29, 0.717) is 23.9 Å². The Morgan fingerprint density at radius 3 is 1.12 bits per heavy atom. The zero-order valence-corrected chi connectivity index (χ0v) is 45.1. The number of hydrogen-bond donors (Lipinski definition) is 1. The van der Waals surface area contributed by atoms with Crippen LogP contribution in [0.1, 0.15) is 271 Å². The number of allylic oxidation sites excluding steroid dienone is 4. The molecular weight excluding hydrogens is 846 g/mol. The molecule has 0 aliphatic carbocycles. The summed E-state index contributed by atoms with van der Waals surface area (Å²) >= 11 is 0. The van der Waals surface area contributed by atoms with E-state index in [1.165, 1.54) is 205 Å². The summed E-state index contributed by atoms with van der Waals surface area (Å²) in [5, 5.41) is 0. The molecule has 10 heteroatoms. The number of carbonyl (C=O) groups excluding carboxylic acids is 2. The third kappa shape index (κ3) is 51.9. The van der Waals surface area contributed by atoms with Crippen molar-refractivity contribution in [2.45, 2.75) is 277 Å². The minimum atomic E-state index is -4.38. The molecule has 9 nitrogen and oxygen atoms in total. The summed E-state index contributed by atoms with van der Waals surface area (Å²) in [7, 11) is 1.49. The Bertz CT molecular complexity index is 1170. The van der Waals surface area contributed by atoms with E-state index in [1.807, 2.05) is 21.1 Å². The number of phosphoric ester groups is 1. The lowest BCUT2D eigenvalue weighted by Gasteiger charge is -2.24. The van der Waals surface area contributed by atoms with E-state index in [2.05, 4.69) is 38.2 Å². The molecule has 0 aliphatic heterocycles. The molecule has 0 radical (unpaired) electrons. The summed E-state index contributed by atoms with van der Waals surface area (Å²) in [5.41, 5.74) is 0. The van der Waals surface area contributed by atoms with Gasteiger partial charge in [-0.25, -0.2) is 4.57 Å². The van der Waals surface area contributed by atoms with Gasteiger partial charge in [0.2, 0.25) is 0 Å². The second-order valence-electron chi connectivity index (χ2n) is 20.3. The number of esters is 2. The summed E-state index contributed by atoms with van der Waals surface area (Å²) in [6.45, 7) is 4.47. The van der Waals surface area contributed by atoms with Crippen LogP contribution in [0.3, 0.4) is 0 Å². The summed E-state index contributed by atoms with van der Waals surface area (Å²) in [5.74, 6) is -0.786. The molecule has 0 aliphatic rings. The van der Waals surface area contributed by atoms with Crippen LogP contribution in [0, 0.1) is 0 Å². The first-order valence-corrected chi connectivity index (χ1v) is 29.6. The van der Waals surface area contributed by atoms with E-state index >= 15 is 0 Å². The Labute approximate surface area is 409 Å². The molecule has 2 unspecified atom stereocenters. The number of rotatable bonds is 52. The van der Waals surface area contributed by atoms with Crippen LogP contribution >= 0.6 is 7.82 Å². The number of quaternary nitrogens is 1. The van der Waals surface area contributed by atoms with Gasteiger partial charge in [0.05, 0.1) is 27.7 Å². The van der Waals surface area contributed by atoms with Gasteiger partial charge in [-0.2, -0.15) is 0 Å². The second-order valence-corrected chi connectivity index (χ2v) is 21.8. The highest BCUT2D eigenvalue weighted by molar-refractivity contribution is 7.47. The van der Waals surface area contributed by atoms with Crippen LogP contribution in [-0.4, -0.2) is 74.9 Å². The summed E-state index contributed by atoms with van der Waals surface area (Å²) in [6.07, 6.45) is 56.6. The molecule has 0 saturated carbocycles. The lowest BCUT2D eigenvalue weighted by molar-refractivity contribution is -0.870. The molecule has 0 bridgehead atoms. The minimum Gasteiger partial charge on any atom is -0.462 e. The molecule has 0 aromatic heterocycles. The number of nitrogens with zero attached hydrogens (tertiary/aromatic N) is 1. The molecule has 0 heterocycles. The molecule has 1 N–H and O–H groups in total. The zero-order valence-electron chi connectivity index (χ0n) is 44.2. The second kappa shape index (κ2) is 48.5. The van der Waals surface area contributed by atoms with Crippen LogP contribution in [0.25, 0.3) is 0 Å². The summed E-state index contributed by atoms with van der Waals surface area (Å²) in [6, 6.07) is 0. The fourth-order valence-corrected chi connectivity index (χ4v) is 8.81. The number of ether oxygens (including phenoxy) is 2. The average Bonchev–Trinajstić information content (AvgIpc) is 3.27. The first kappa shape index (κ1) is 64.5. The van der Waals surface area contributed by atoms with Gasteiger partial charge in [-0.1, -0.05) is 218 Å². The van der Waals surface area contributed by atoms with Crippen LogP contribution in [0.2, 0.25) is 0 Å². The Hall–Kier alpha value is -1.51. The maximum atomic E-state index is 12.8. The van der Waals surface area contributed by atoms with Crippen molar-refractivity contribution in [1.82, 2.24) is 0 Å². The van der Waals surface area contributed by atoms with Gasteiger partial charge in [0.25, 0.3) is 0 Å². The largest absolute Gasteiger partial charge is 0.472 e. The molecule has 390 valence electrons. The van der Waals surface area contributed by atoms with Gasteiger partial charge in [-0.05, 0) is 64.2 Å². The maximum Gasteiger partial charge on any atom is 0.472 e. The van der Waals surface area contributed by atoms with Gasteiger partial charge >= 0.3 is 19.8 Å². The molecule has 0 saturated heterocycles. The number of unbranched alkanes of at least 4 members (excludes halogenated alkanes) is 34. The predicted octanol–water partition coefficient (Wildman–Crippen LogP) is 17.0. The highest BCUT2D eigenvalue weighted by Crippen LogP contribution is 2.43. The third-order valence-electron chi connectivity index (χ3n) is 12.5. The van der Waals surface area contributed by atoms with Crippen molar-refractivity contribution in [2.75, 3.05) is 47.5 Å². The van der Waals surface area contributed by atoms with Crippen molar-refractivity contribution in [2.24, 2.45) is 0 Å².